The number of rotatable bonds is 9. The van der Waals surface area contributed by atoms with Crippen LogP contribution in [-0.2, 0) is 0 Å². The van der Waals surface area contributed by atoms with Crippen LogP contribution in [0, 0.1) is 11.3 Å². The first-order valence-corrected chi connectivity index (χ1v) is 23.8. The molecule has 71 heavy (non-hydrogen) atoms. The molecule has 0 radical (unpaired) electrons. The highest BCUT2D eigenvalue weighted by Gasteiger charge is 2.22. The van der Waals surface area contributed by atoms with Crippen molar-refractivity contribution in [3.63, 3.8) is 0 Å². The molecular formula is C59H42B5N7. The second kappa shape index (κ2) is 18.9. The van der Waals surface area contributed by atoms with Crippen LogP contribution in [0.25, 0.3) is 112 Å². The predicted molar refractivity (Wildman–Crippen MR) is 305 cm³/mol. The van der Waals surface area contributed by atoms with Crippen molar-refractivity contribution in [2.24, 2.45) is 0 Å². The lowest BCUT2D eigenvalue weighted by Gasteiger charge is -2.20. The maximum Gasteiger partial charge on any atom is 0.164 e. The van der Waals surface area contributed by atoms with E-state index in [1.54, 1.807) is 0 Å². The van der Waals surface area contributed by atoms with Gasteiger partial charge in [-0.15, -0.1) is 16.4 Å². The van der Waals surface area contributed by atoms with Crippen LogP contribution >= 0.6 is 0 Å². The smallest absolute Gasteiger partial charge is 0.164 e. The molecule has 0 unspecified atom stereocenters. The minimum absolute atomic E-state index is 0.553. The summed E-state index contributed by atoms with van der Waals surface area (Å²) in [4.78, 5) is 31.1. The number of nitriles is 1. The lowest BCUT2D eigenvalue weighted by Crippen LogP contribution is -2.55. The third kappa shape index (κ3) is 8.53. The van der Waals surface area contributed by atoms with Crippen LogP contribution in [0.15, 0.2) is 194 Å². The van der Waals surface area contributed by atoms with E-state index in [9.17, 15) is 5.26 Å². The SMILES string of the molecule is Bc1c(B)c(B)c(-c2nc(-c3ccccc3)nc(-c3ccc(-c4ccccc4)cc3-c3ccc(-c4nc(-c5ccccc5)nc(-c5cccc(-c6ccc(C#N)c7ccccc67)c5)n4)cc3)n2)c(B)c1B. The van der Waals surface area contributed by atoms with E-state index in [2.05, 4.69) is 142 Å². The highest BCUT2D eigenvalue weighted by atomic mass is 15.0. The van der Waals surface area contributed by atoms with Gasteiger partial charge < -0.3 is 0 Å². The zero-order valence-electron chi connectivity index (χ0n) is 40.1. The minimum Gasteiger partial charge on any atom is -0.208 e. The Hall–Kier alpha value is -8.93. The summed E-state index contributed by atoms with van der Waals surface area (Å²) in [6, 6.07) is 68.1. The van der Waals surface area contributed by atoms with Gasteiger partial charge in [-0.2, -0.15) is 5.26 Å². The van der Waals surface area contributed by atoms with Crippen molar-refractivity contribution in [3.05, 3.63) is 200 Å². The van der Waals surface area contributed by atoms with E-state index in [0.717, 1.165) is 77.5 Å². The topological polar surface area (TPSA) is 101 Å². The molecule has 328 valence electrons. The fraction of sp³-hybridized carbons (Fsp3) is 0. The summed E-state index contributed by atoms with van der Waals surface area (Å²) in [6.07, 6.45) is 0. The van der Waals surface area contributed by atoms with E-state index in [-0.39, 0.29) is 0 Å². The van der Waals surface area contributed by atoms with Gasteiger partial charge in [0.1, 0.15) is 39.2 Å². The van der Waals surface area contributed by atoms with Crippen molar-refractivity contribution in [2.45, 2.75) is 0 Å². The van der Waals surface area contributed by atoms with E-state index in [0.29, 0.717) is 40.5 Å². The summed E-state index contributed by atoms with van der Waals surface area (Å²) < 4.78 is 0. The Morgan fingerprint density at radius 1 is 0.282 bits per heavy atom. The van der Waals surface area contributed by atoms with Crippen LogP contribution in [0.5, 0.6) is 0 Å². The largest absolute Gasteiger partial charge is 0.208 e. The van der Waals surface area contributed by atoms with Crippen molar-refractivity contribution in [1.82, 2.24) is 29.9 Å². The number of hydrogen-bond acceptors (Lipinski definition) is 7. The first-order valence-electron chi connectivity index (χ1n) is 23.8. The van der Waals surface area contributed by atoms with Gasteiger partial charge in [-0.1, -0.05) is 181 Å². The van der Waals surface area contributed by atoms with E-state index < -0.39 is 0 Å². The molecule has 0 aliphatic rings. The zero-order chi connectivity index (χ0) is 48.6. The third-order valence-corrected chi connectivity index (χ3v) is 13.9. The number of fused-ring (bicyclic) bond motifs is 1. The molecule has 0 aliphatic heterocycles. The molecule has 0 saturated heterocycles. The van der Waals surface area contributed by atoms with Crippen molar-refractivity contribution in [1.29, 1.82) is 5.26 Å². The Kier molecular flexibility index (Phi) is 11.8. The molecule has 2 aromatic heterocycles. The highest BCUT2D eigenvalue weighted by Crippen LogP contribution is 2.38. The highest BCUT2D eigenvalue weighted by molar-refractivity contribution is 6.68. The average molecular weight is 903 g/mol. The Bertz CT molecular complexity index is 3860. The molecule has 0 N–H and O–H groups in total. The van der Waals surface area contributed by atoms with Crippen molar-refractivity contribution in [3.8, 4) is 108 Å². The van der Waals surface area contributed by atoms with Gasteiger partial charge in [0.05, 0.1) is 11.6 Å². The molecule has 11 rings (SSSR count). The molecule has 9 aromatic carbocycles. The van der Waals surface area contributed by atoms with Crippen LogP contribution in [0.1, 0.15) is 5.56 Å². The number of nitrogens with zero attached hydrogens (tertiary/aromatic N) is 7. The summed E-state index contributed by atoms with van der Waals surface area (Å²) in [5, 5.41) is 11.8. The average Bonchev–Trinajstić information content (AvgIpc) is 3.44. The van der Waals surface area contributed by atoms with Gasteiger partial charge in [0.2, 0.25) is 0 Å². The third-order valence-electron chi connectivity index (χ3n) is 13.9. The van der Waals surface area contributed by atoms with Gasteiger partial charge in [-0.3, -0.25) is 0 Å². The number of hydrogen-bond donors (Lipinski definition) is 0. The second-order valence-electron chi connectivity index (χ2n) is 17.9. The van der Waals surface area contributed by atoms with Crippen LogP contribution in [0.4, 0.5) is 0 Å². The van der Waals surface area contributed by atoms with Gasteiger partial charge >= 0.3 is 0 Å². The maximum atomic E-state index is 9.86. The standard InChI is InChI=1S/C59H42B5N7/c60-49-48(50(61)52(63)53(64)51(49)62)59-70-55(37-17-8-3-9-18-37)69-58(71-59)46-30-27-39(34-13-4-1-5-14-34)32-47(46)35-23-25-38(26-24-35)56-66-54(36-15-6-2-7-16-36)67-57(68-56)41-20-12-19-40(31-41)44-29-28-42(33-65)43-21-10-11-22-45(43)44/h1-32H,60-64H2. The molecule has 0 amide bonds. The van der Waals surface area contributed by atoms with E-state index in [1.165, 1.54) is 27.3 Å². The van der Waals surface area contributed by atoms with Crippen molar-refractivity contribution < 1.29 is 0 Å². The molecule has 12 heteroatoms. The Morgan fingerprint density at radius 2 is 0.704 bits per heavy atom. The lowest BCUT2D eigenvalue weighted by atomic mass is 9.60. The van der Waals surface area contributed by atoms with Crippen LogP contribution < -0.4 is 27.3 Å². The van der Waals surface area contributed by atoms with E-state index in [1.807, 2.05) is 97.1 Å². The first-order chi connectivity index (χ1) is 34.7. The summed E-state index contributed by atoms with van der Waals surface area (Å²) in [7, 11) is 10.9. The molecule has 0 saturated carbocycles. The second-order valence-corrected chi connectivity index (χ2v) is 17.9. The fourth-order valence-corrected chi connectivity index (χ4v) is 9.57. The van der Waals surface area contributed by atoms with Gasteiger partial charge in [-0.05, 0) is 63.0 Å². The maximum absolute atomic E-state index is 9.86. The Balaban J connectivity index is 1.05. The summed E-state index contributed by atoms with van der Waals surface area (Å²) in [5.74, 6) is 3.54. The number of benzene rings is 9. The monoisotopic (exact) mass is 903 g/mol. The first kappa shape index (κ1) is 44.6. The molecule has 0 fully saturated rings. The van der Waals surface area contributed by atoms with Crippen LogP contribution in [-0.4, -0.2) is 69.1 Å². The number of aromatic nitrogens is 6. The summed E-state index contributed by atoms with van der Waals surface area (Å²) in [5.41, 5.74) is 18.4. The molecule has 0 atom stereocenters. The van der Waals surface area contributed by atoms with Gasteiger partial charge in [-0.25, -0.2) is 29.9 Å². The predicted octanol–water partition coefficient (Wildman–Crippen LogP) is 5.38. The Morgan fingerprint density at radius 3 is 1.31 bits per heavy atom. The Labute approximate surface area is 417 Å². The van der Waals surface area contributed by atoms with Gasteiger partial charge in [0, 0.05) is 38.8 Å². The zero-order valence-corrected chi connectivity index (χ0v) is 40.1. The fourth-order valence-electron chi connectivity index (χ4n) is 9.57. The quantitative estimate of drug-likeness (QED) is 0.180. The molecular weight excluding hydrogens is 861 g/mol. The lowest BCUT2D eigenvalue weighted by molar-refractivity contribution is 1.07. The van der Waals surface area contributed by atoms with E-state index >= 15 is 0 Å². The molecule has 2 heterocycles. The summed E-state index contributed by atoms with van der Waals surface area (Å²) in [6.45, 7) is 0. The van der Waals surface area contributed by atoms with Crippen LogP contribution in [0.3, 0.4) is 0 Å². The molecule has 0 bridgehead atoms. The van der Waals surface area contributed by atoms with Crippen molar-refractivity contribution in [2.75, 3.05) is 0 Å². The van der Waals surface area contributed by atoms with Crippen LogP contribution in [0.2, 0.25) is 0 Å². The minimum atomic E-state index is 0.553. The van der Waals surface area contributed by atoms with Gasteiger partial charge in [0.25, 0.3) is 0 Å². The molecule has 7 nitrogen and oxygen atoms in total. The molecule has 0 spiro atoms. The van der Waals surface area contributed by atoms with E-state index in [4.69, 9.17) is 29.9 Å². The normalized spacial score (nSPS) is 11.1. The summed E-state index contributed by atoms with van der Waals surface area (Å²) >= 11 is 0. The molecule has 11 aromatic rings. The van der Waals surface area contributed by atoms with Crippen molar-refractivity contribution >= 4 is 77.3 Å². The van der Waals surface area contributed by atoms with Gasteiger partial charge in [0.15, 0.2) is 34.9 Å². The molecule has 0 aliphatic carbocycles.